The zero-order valence-electron chi connectivity index (χ0n) is 27.3. The Labute approximate surface area is 282 Å². The van der Waals surface area contributed by atoms with Gasteiger partial charge in [0.15, 0.2) is 11.0 Å². The Hall–Kier alpha value is -4.52. The maximum atomic E-state index is 12.9. The van der Waals surface area contributed by atoms with Crippen molar-refractivity contribution in [3.05, 3.63) is 84.2 Å². The number of benzene rings is 3. The summed E-state index contributed by atoms with van der Waals surface area (Å²) in [5, 5.41) is 8.12. The van der Waals surface area contributed by atoms with Crippen LogP contribution >= 0.6 is 11.8 Å². The van der Waals surface area contributed by atoms with Crippen LogP contribution < -0.4 is 19.7 Å². The van der Waals surface area contributed by atoms with Gasteiger partial charge in [-0.2, -0.15) is 4.99 Å². The molecule has 0 bridgehead atoms. The third-order valence-corrected chi connectivity index (χ3v) is 8.92. The topological polar surface area (TPSA) is 93.9 Å². The number of hydrogen-bond donors (Lipinski definition) is 1. The number of carbonyl (C=O) groups is 1. The SMILES string of the molecule is COc1ccc(C(C)C)c(N2C(=NC(=O)NCCCCc3ccc(-c4ncn(-c5ccc(OC(F)(F)F)cc5)n4)cc3)SCCC2C)c1. The maximum Gasteiger partial charge on any atom is 0.573 e. The van der Waals surface area contributed by atoms with Gasteiger partial charge < -0.3 is 19.7 Å². The number of ether oxygens (including phenoxy) is 2. The lowest BCUT2D eigenvalue weighted by Crippen LogP contribution is -2.42. The fraction of sp³-hybridized carbons (Fsp3) is 0.371. The highest BCUT2D eigenvalue weighted by molar-refractivity contribution is 8.14. The first-order valence-electron chi connectivity index (χ1n) is 15.8. The Bertz CT molecular complexity index is 1710. The van der Waals surface area contributed by atoms with E-state index in [2.05, 4.69) is 56.9 Å². The summed E-state index contributed by atoms with van der Waals surface area (Å²) in [6.07, 6.45) is 0.283. The fourth-order valence-corrected chi connectivity index (χ4v) is 6.60. The number of carbonyl (C=O) groups excluding carboxylic acids is 1. The van der Waals surface area contributed by atoms with Crippen molar-refractivity contribution in [3.63, 3.8) is 0 Å². The largest absolute Gasteiger partial charge is 0.573 e. The molecule has 1 fully saturated rings. The van der Waals surface area contributed by atoms with Crippen LogP contribution in [-0.4, -0.2) is 57.8 Å². The predicted molar refractivity (Wildman–Crippen MR) is 183 cm³/mol. The first-order valence-corrected chi connectivity index (χ1v) is 16.8. The maximum absolute atomic E-state index is 12.9. The van der Waals surface area contributed by atoms with Crippen molar-refractivity contribution in [1.82, 2.24) is 20.1 Å². The van der Waals surface area contributed by atoms with Crippen molar-refractivity contribution in [2.75, 3.05) is 24.3 Å². The van der Waals surface area contributed by atoms with Crippen molar-refractivity contribution in [2.24, 2.45) is 4.99 Å². The van der Waals surface area contributed by atoms with Crippen LogP contribution in [0.5, 0.6) is 11.5 Å². The second kappa shape index (κ2) is 15.6. The highest BCUT2D eigenvalue weighted by Gasteiger charge is 2.31. The minimum absolute atomic E-state index is 0.197. The van der Waals surface area contributed by atoms with Gasteiger partial charge in [0.25, 0.3) is 0 Å². The first kappa shape index (κ1) is 34.8. The monoisotopic (exact) mass is 680 g/mol. The van der Waals surface area contributed by atoms with E-state index in [1.807, 2.05) is 36.4 Å². The molecule has 1 aromatic heterocycles. The zero-order valence-corrected chi connectivity index (χ0v) is 28.1. The van der Waals surface area contributed by atoms with Crippen LogP contribution in [0.3, 0.4) is 0 Å². The average Bonchev–Trinajstić information content (AvgIpc) is 3.55. The number of amidine groups is 1. The molecule has 1 aliphatic rings. The molecule has 3 aromatic carbocycles. The van der Waals surface area contributed by atoms with E-state index < -0.39 is 6.36 Å². The van der Waals surface area contributed by atoms with Crippen LogP contribution in [0.1, 0.15) is 57.1 Å². The highest BCUT2D eigenvalue weighted by Crippen LogP contribution is 2.37. The van der Waals surface area contributed by atoms with Crippen LogP contribution in [0.4, 0.5) is 23.7 Å². The molecule has 0 spiro atoms. The lowest BCUT2D eigenvalue weighted by atomic mass is 9.99. The number of hydrogen-bond acceptors (Lipinski definition) is 6. The van der Waals surface area contributed by atoms with Crippen LogP contribution in [0.2, 0.25) is 0 Å². The molecular weight excluding hydrogens is 641 g/mol. The molecule has 0 radical (unpaired) electrons. The molecule has 4 aromatic rings. The Kier molecular flexibility index (Phi) is 11.3. The van der Waals surface area contributed by atoms with Gasteiger partial charge in [-0.25, -0.2) is 14.5 Å². The van der Waals surface area contributed by atoms with Gasteiger partial charge in [-0.3, -0.25) is 0 Å². The van der Waals surface area contributed by atoms with Gasteiger partial charge >= 0.3 is 12.4 Å². The van der Waals surface area contributed by atoms with Gasteiger partial charge in [-0.15, -0.1) is 18.3 Å². The van der Waals surface area contributed by atoms with Crippen molar-refractivity contribution < 1.29 is 27.4 Å². The number of anilines is 1. The van der Waals surface area contributed by atoms with E-state index in [-0.39, 0.29) is 17.8 Å². The number of halogens is 3. The van der Waals surface area contributed by atoms with E-state index in [1.165, 1.54) is 40.8 Å². The van der Waals surface area contributed by atoms with Gasteiger partial charge in [0.2, 0.25) is 0 Å². The Morgan fingerprint density at radius 3 is 2.48 bits per heavy atom. The summed E-state index contributed by atoms with van der Waals surface area (Å²) in [6.45, 7) is 7.00. The Morgan fingerprint density at radius 2 is 1.79 bits per heavy atom. The normalized spacial score (nSPS) is 16.0. The van der Waals surface area contributed by atoms with Crippen LogP contribution in [0.15, 0.2) is 78.0 Å². The molecule has 0 aliphatic carbocycles. The van der Waals surface area contributed by atoms with Gasteiger partial charge in [0.1, 0.15) is 17.8 Å². The molecule has 2 heterocycles. The number of methoxy groups -OCH3 is 1. The van der Waals surface area contributed by atoms with Crippen LogP contribution in [0.25, 0.3) is 17.1 Å². The lowest BCUT2D eigenvalue weighted by Gasteiger charge is -2.37. The van der Waals surface area contributed by atoms with Crippen molar-refractivity contribution in [1.29, 1.82) is 0 Å². The molecule has 2 amide bonds. The summed E-state index contributed by atoms with van der Waals surface area (Å²) in [5.41, 5.74) is 4.73. The van der Waals surface area contributed by atoms with Crippen molar-refractivity contribution >= 4 is 28.6 Å². The number of amides is 2. The summed E-state index contributed by atoms with van der Waals surface area (Å²) in [4.78, 5) is 23.9. The first-order chi connectivity index (χ1) is 23.0. The summed E-state index contributed by atoms with van der Waals surface area (Å²) in [6, 6.07) is 19.3. The molecule has 0 saturated carbocycles. The number of urea groups is 1. The predicted octanol–water partition coefficient (Wildman–Crippen LogP) is 8.39. The molecule has 254 valence electrons. The van der Waals surface area contributed by atoms with Crippen molar-refractivity contribution in [3.8, 4) is 28.6 Å². The molecule has 1 saturated heterocycles. The number of aromatic nitrogens is 3. The van der Waals surface area contributed by atoms with Gasteiger partial charge in [0, 0.05) is 30.0 Å². The average molecular weight is 681 g/mol. The second-order valence-electron chi connectivity index (χ2n) is 11.8. The number of aliphatic imine (C=N–C) groups is 1. The van der Waals surface area contributed by atoms with E-state index in [0.29, 0.717) is 29.1 Å². The number of nitrogens with zero attached hydrogens (tertiary/aromatic N) is 5. The lowest BCUT2D eigenvalue weighted by molar-refractivity contribution is -0.274. The summed E-state index contributed by atoms with van der Waals surface area (Å²) in [7, 11) is 1.66. The molecule has 1 N–H and O–H groups in total. The smallest absolute Gasteiger partial charge is 0.497 e. The molecule has 5 rings (SSSR count). The molecule has 13 heteroatoms. The number of rotatable bonds is 11. The van der Waals surface area contributed by atoms with Crippen molar-refractivity contribution in [2.45, 2.75) is 64.8 Å². The molecule has 1 atom stereocenters. The summed E-state index contributed by atoms with van der Waals surface area (Å²) < 4.78 is 48.2. The summed E-state index contributed by atoms with van der Waals surface area (Å²) in [5.74, 6) is 2.17. The van der Waals surface area contributed by atoms with Crippen LogP contribution in [-0.2, 0) is 6.42 Å². The minimum Gasteiger partial charge on any atom is -0.497 e. The van der Waals surface area contributed by atoms with Gasteiger partial charge in [0.05, 0.1) is 18.5 Å². The Morgan fingerprint density at radius 1 is 1.06 bits per heavy atom. The third-order valence-electron chi connectivity index (χ3n) is 7.94. The molecule has 1 unspecified atom stereocenters. The molecular formula is C35H39F3N6O3S. The third kappa shape index (κ3) is 9.09. The fourth-order valence-electron chi connectivity index (χ4n) is 5.40. The quantitative estimate of drug-likeness (QED) is 0.159. The molecule has 48 heavy (non-hydrogen) atoms. The Balaban J connectivity index is 1.11. The van der Waals surface area contributed by atoms with E-state index in [0.717, 1.165) is 54.0 Å². The van der Waals surface area contributed by atoms with E-state index >= 15 is 0 Å². The number of unbranched alkanes of at least 4 members (excludes halogenated alkanes) is 1. The minimum atomic E-state index is -4.74. The van der Waals surface area contributed by atoms with Crippen LogP contribution in [0, 0.1) is 0 Å². The molecule has 9 nitrogen and oxygen atoms in total. The number of aryl methyl sites for hydroxylation is 1. The zero-order chi connectivity index (χ0) is 34.3. The van der Waals surface area contributed by atoms with E-state index in [9.17, 15) is 18.0 Å². The number of thioether (sulfide) groups is 1. The van der Waals surface area contributed by atoms with Gasteiger partial charge in [-0.05, 0) is 80.0 Å². The number of alkyl halides is 3. The summed E-state index contributed by atoms with van der Waals surface area (Å²) >= 11 is 1.60. The molecule has 1 aliphatic heterocycles. The van der Waals surface area contributed by atoms with E-state index in [1.54, 1.807) is 18.9 Å². The second-order valence-corrected chi connectivity index (χ2v) is 12.8. The highest BCUT2D eigenvalue weighted by atomic mass is 32.2. The van der Waals surface area contributed by atoms with Gasteiger partial charge in [-0.1, -0.05) is 55.9 Å². The standard InChI is InChI=1S/C35H39F3N6O3S/c1-23(2)30-17-16-29(46-4)21-31(30)44-24(3)18-20-48-34(44)41-33(45)39-19-6-5-7-25-8-10-26(11-9-25)32-40-22-43(42-32)27-12-14-28(15-13-27)47-35(36,37)38/h8-17,21-24H,5-7,18-20H2,1-4H3,(H,39,45). The van der Waals surface area contributed by atoms with E-state index in [4.69, 9.17) is 4.74 Å². The number of nitrogens with one attached hydrogen (secondary N) is 1.